The van der Waals surface area contributed by atoms with Crippen molar-refractivity contribution in [1.82, 2.24) is 85.6 Å². The van der Waals surface area contributed by atoms with Crippen LogP contribution in [0.5, 0.6) is 0 Å². The van der Waals surface area contributed by atoms with E-state index in [0.29, 0.717) is 70.5 Å². The molecule has 0 radical (unpaired) electrons. The van der Waals surface area contributed by atoms with Crippen molar-refractivity contribution in [2.45, 2.75) is 136 Å². The first-order valence-corrected chi connectivity index (χ1v) is 53.0. The van der Waals surface area contributed by atoms with Crippen LogP contribution in [0.4, 0.5) is 71.9 Å². The molecule has 4 amide bonds. The summed E-state index contributed by atoms with van der Waals surface area (Å²) in [6.45, 7) is 26.1. The van der Waals surface area contributed by atoms with Gasteiger partial charge < -0.3 is 60.3 Å². The molecule has 0 bridgehead atoms. The summed E-state index contributed by atoms with van der Waals surface area (Å²) in [5.41, 5.74) is 19.3. The second-order valence-electron chi connectivity index (χ2n) is 41.3. The fourth-order valence-electron chi connectivity index (χ4n) is 21.0. The first kappa shape index (κ1) is 100. The van der Waals surface area contributed by atoms with Crippen LogP contribution in [-0.2, 0) is 11.3 Å². The van der Waals surface area contributed by atoms with Crippen LogP contribution in [0.2, 0.25) is 0 Å². The van der Waals surface area contributed by atoms with Gasteiger partial charge in [0.1, 0.15) is 23.3 Å². The summed E-state index contributed by atoms with van der Waals surface area (Å²) in [6, 6.07) is 47.8. The maximum Gasteiger partial charge on any atom is 0.276 e. The highest BCUT2D eigenvalue weighted by Gasteiger charge is 2.35. The Labute approximate surface area is 870 Å². The second kappa shape index (κ2) is 45.9. The minimum Gasteiger partial charge on any atom is -0.378 e. The van der Waals surface area contributed by atoms with Gasteiger partial charge in [0, 0.05) is 199 Å². The molecule has 33 nitrogen and oxygen atoms in total. The Morgan fingerprint density at radius 3 is 0.880 bits per heavy atom. The molecule has 8 saturated heterocycles. The number of halogens is 2. The fourth-order valence-corrected chi connectivity index (χ4v) is 21.0. The molecule has 150 heavy (non-hydrogen) atoms. The minimum atomic E-state index is -2.56. The predicted molar refractivity (Wildman–Crippen MR) is 589 cm³/mol. The second-order valence-corrected chi connectivity index (χ2v) is 41.3. The summed E-state index contributed by atoms with van der Waals surface area (Å²) >= 11 is 0. The molecule has 24 rings (SSSR count). The maximum atomic E-state index is 13.5. The Bertz CT molecular complexity index is 7150. The van der Waals surface area contributed by atoms with Crippen molar-refractivity contribution < 1.29 is 32.7 Å². The average Bonchev–Trinajstić information content (AvgIpc) is 1.64. The van der Waals surface area contributed by atoms with Gasteiger partial charge in [-0.25, -0.2) is 28.7 Å². The van der Waals surface area contributed by atoms with Crippen LogP contribution in [-0.4, -0.2) is 233 Å². The molecule has 0 atom stereocenters. The molecule has 4 aromatic carbocycles. The van der Waals surface area contributed by atoms with Gasteiger partial charge in [0.2, 0.25) is 0 Å². The molecule has 0 unspecified atom stereocenters. The molecule has 0 spiro atoms. The molecule has 35 heteroatoms. The van der Waals surface area contributed by atoms with Gasteiger partial charge in [0.15, 0.2) is 22.8 Å². The maximum absolute atomic E-state index is 13.5. The van der Waals surface area contributed by atoms with E-state index in [2.05, 4.69) is 182 Å². The number of nitrogens with zero attached hydrogens (tertiary/aromatic N) is 20. The van der Waals surface area contributed by atoms with Gasteiger partial charge >= 0.3 is 0 Å². The number of aromatic nitrogens is 16. The summed E-state index contributed by atoms with van der Waals surface area (Å²) in [6.07, 6.45) is 37.1. The highest BCUT2D eigenvalue weighted by Crippen LogP contribution is 2.38. The largest absolute Gasteiger partial charge is 0.378 e. The Balaban J connectivity index is 0.000000117. The van der Waals surface area contributed by atoms with Gasteiger partial charge in [-0.3, -0.25) is 64.4 Å². The first-order valence-electron chi connectivity index (χ1n) is 53.0. The van der Waals surface area contributed by atoms with Crippen LogP contribution in [0, 0.1) is 23.7 Å². The van der Waals surface area contributed by atoms with Gasteiger partial charge in [-0.2, -0.15) is 20.4 Å². The topological polar surface area (TPSA) is 369 Å². The summed E-state index contributed by atoms with van der Waals surface area (Å²) in [5.74, 6) is 3.18. The molecule has 8 aliphatic rings. The molecule has 20 heterocycles. The smallest absolute Gasteiger partial charge is 0.276 e. The fraction of sp³-hybridized carbons (Fsp3) is 0.374. The lowest BCUT2D eigenvalue weighted by Crippen LogP contribution is -2.38. The lowest BCUT2D eigenvalue weighted by molar-refractivity contribution is -0.0566. The highest BCUT2D eigenvalue weighted by molar-refractivity contribution is 6.15. The standard InChI is InChI=1S/C30H33F2N7O.C29H33N7O.C28H31N7O2.C28H31N7O/c1-20-6-10-39(11-7-20)27-5-3-24(18-34-27)35-29(40)28-25-15-22(2-4-26(25)36-37-28)23-14-21(16-33-17-23)19-38-12-8-30(31,32)9-13-38;1-20-9-13-36(14-10-20)27-8-6-23(18-31-27)32-29(37)28-25-16-21(5-7-26(25)33-34-28)22-15-24(19-30-17-22)35-11-3-2-4-12-35;1-19-6-8-35(9-7-19)26-5-3-22(17-30-26)31-28(36)27-24-15-20(2-4-25(24)32-33-27)21-14-23(18-29-16-21)34-10-12-37-13-11-34;1-19-8-12-35(13-9-19)26-7-5-22(17-30-26)31-28(36)27-24-15-20(4-6-25(24)32-33-27)21-14-23(18-29-16-21)34-10-2-3-11-34/h2-5,14-18,20H,6-13,19H2,1H3,(H,35,40)(H,36,37);5-8,15-20H,2-4,9-14H2,1H3,(H,32,37)(H,33,34);2-5,14-19H,6-13H2,1H3,(H,31,36)(H,32,33);4-7,14-19H,2-3,8-13H2,1H3,(H,31,36)(H,32,33). The molecule has 0 aliphatic carbocycles. The third-order valence-corrected chi connectivity index (χ3v) is 30.4. The zero-order valence-corrected chi connectivity index (χ0v) is 85.4. The van der Waals surface area contributed by atoms with Crippen molar-refractivity contribution in [1.29, 1.82) is 0 Å². The van der Waals surface area contributed by atoms with E-state index in [1.54, 1.807) is 37.2 Å². The van der Waals surface area contributed by atoms with Crippen LogP contribution >= 0.6 is 0 Å². The Morgan fingerprint density at radius 2 is 0.587 bits per heavy atom. The molecule has 8 aliphatic heterocycles. The number of likely N-dealkylation sites (tertiary alicyclic amines) is 1. The number of rotatable bonds is 21. The zero-order valence-electron chi connectivity index (χ0n) is 85.4. The summed E-state index contributed by atoms with van der Waals surface area (Å²) < 4.78 is 32.5. The van der Waals surface area contributed by atoms with E-state index in [-0.39, 0.29) is 36.5 Å². The number of carbonyl (C=O) groups excluding carboxylic acids is 4. The number of H-pyrrole nitrogens is 4. The number of piperidine rings is 6. The van der Waals surface area contributed by atoms with Crippen LogP contribution in [0.25, 0.3) is 88.1 Å². The zero-order chi connectivity index (χ0) is 103. The normalized spacial score (nSPS) is 17.1. The van der Waals surface area contributed by atoms with Crippen molar-refractivity contribution in [3.05, 3.63) is 248 Å². The van der Waals surface area contributed by atoms with Crippen LogP contribution in [0.1, 0.15) is 172 Å². The van der Waals surface area contributed by atoms with E-state index in [0.717, 1.165) is 270 Å². The molecule has 16 aromatic rings. The van der Waals surface area contributed by atoms with Crippen molar-refractivity contribution in [2.75, 3.05) is 173 Å². The number of benzene rings is 4. The van der Waals surface area contributed by atoms with E-state index in [1.807, 2.05) is 169 Å². The number of alkyl halides is 2. The Morgan fingerprint density at radius 1 is 0.307 bits per heavy atom. The summed E-state index contributed by atoms with van der Waals surface area (Å²) in [4.78, 5) is 107. The van der Waals surface area contributed by atoms with Crippen LogP contribution in [0.15, 0.2) is 220 Å². The van der Waals surface area contributed by atoms with Gasteiger partial charge in [0.05, 0.1) is 118 Å². The number of ether oxygens (including phenoxy) is 1. The quantitative estimate of drug-likeness (QED) is 0.0331. The lowest BCUT2D eigenvalue weighted by atomic mass is 9.99. The van der Waals surface area contributed by atoms with Gasteiger partial charge in [-0.15, -0.1) is 0 Å². The summed E-state index contributed by atoms with van der Waals surface area (Å²) in [5, 5.41) is 44.0. The van der Waals surface area contributed by atoms with Crippen molar-refractivity contribution in [3.63, 3.8) is 0 Å². The number of carbonyl (C=O) groups is 4. The number of nitrogens with one attached hydrogen (secondary N) is 8. The van der Waals surface area contributed by atoms with E-state index in [1.165, 1.54) is 70.6 Å². The number of anilines is 11. The number of hydrogen-bond donors (Lipinski definition) is 8. The third kappa shape index (κ3) is 24.1. The average molecular weight is 2020 g/mol. The minimum absolute atomic E-state index is 0.111. The van der Waals surface area contributed by atoms with Crippen LogP contribution in [0.3, 0.4) is 0 Å². The lowest BCUT2D eigenvalue weighted by Gasteiger charge is -2.31. The molecule has 772 valence electrons. The molecule has 12 aromatic heterocycles. The molecular weight excluding hydrogens is 1890 g/mol. The monoisotopic (exact) mass is 2020 g/mol. The number of pyridine rings is 8. The highest BCUT2D eigenvalue weighted by atomic mass is 19.3. The van der Waals surface area contributed by atoms with E-state index in [4.69, 9.17) is 4.74 Å². The number of amides is 4. The van der Waals surface area contributed by atoms with Gasteiger partial charge in [0.25, 0.3) is 29.6 Å². The first-order chi connectivity index (χ1) is 73.2. The number of fused-ring (bicyclic) bond motifs is 4. The number of aromatic amines is 4. The van der Waals surface area contributed by atoms with Crippen molar-refractivity contribution >= 4 is 130 Å². The molecule has 8 fully saturated rings. The van der Waals surface area contributed by atoms with Crippen molar-refractivity contribution in [3.8, 4) is 44.5 Å². The summed E-state index contributed by atoms with van der Waals surface area (Å²) in [7, 11) is 0. The van der Waals surface area contributed by atoms with Gasteiger partial charge in [-0.05, 0) is 256 Å². The Kier molecular flexibility index (Phi) is 30.7. The van der Waals surface area contributed by atoms with E-state index in [9.17, 15) is 28.0 Å². The van der Waals surface area contributed by atoms with Crippen molar-refractivity contribution in [2.24, 2.45) is 23.7 Å². The van der Waals surface area contributed by atoms with Gasteiger partial charge in [-0.1, -0.05) is 52.0 Å². The molecular formula is C115H128F2N28O5. The predicted octanol–water partition coefficient (Wildman–Crippen LogP) is 20.7. The van der Waals surface area contributed by atoms with E-state index < -0.39 is 5.92 Å². The molecule has 0 saturated carbocycles. The number of hydrogen-bond acceptors (Lipinski definition) is 25. The Hall–Kier alpha value is -15.8. The van der Waals surface area contributed by atoms with Crippen LogP contribution < -0.4 is 55.6 Å². The third-order valence-electron chi connectivity index (χ3n) is 30.4. The van der Waals surface area contributed by atoms with E-state index >= 15 is 0 Å². The number of morpholine rings is 1. The SMILES string of the molecule is CC1CCN(c2ccc(NC(=O)c3n[nH]c4ccc(-c5cncc(CN6CCC(F)(F)CC6)c5)cc34)cn2)CC1.CC1CCN(c2ccc(NC(=O)c3n[nH]c4ccc(-c5cncc(N6CCCC6)c5)cc34)cn2)CC1.CC1CCN(c2ccc(NC(=O)c3n[nH]c4ccc(-c5cncc(N6CCCCC6)c5)cc34)cn2)CC1.CC1CCN(c2ccc(NC(=O)c3n[nH]c4ccc(-c5cncc(N6CCOCC6)c5)cc34)cn2)CC1. The molecule has 8 N–H and O–H groups in total.